The average molecular weight is 560 g/mol. The summed E-state index contributed by atoms with van der Waals surface area (Å²) in [4.78, 5) is 18.9. The Morgan fingerprint density at radius 1 is 1.10 bits per heavy atom. The Morgan fingerprint density at radius 3 is 2.26 bits per heavy atom. The molecule has 2 aromatic rings. The van der Waals surface area contributed by atoms with Gasteiger partial charge in [-0.15, -0.1) is 11.8 Å². The van der Waals surface area contributed by atoms with E-state index in [1.165, 1.54) is 30.7 Å². The first-order chi connectivity index (χ1) is 18.5. The molecule has 0 spiro atoms. The topological polar surface area (TPSA) is 122 Å². The summed E-state index contributed by atoms with van der Waals surface area (Å²) in [5.74, 6) is -0.656. The standard InChI is InChI=1S/C20H25N3O4S.C9H18.C2H6/c1-28-16-7-3-6-15(9-16)14-5-2-4-13(8-14)10-23-20(22,19(21)26)17(11-24)18(12-25)27-23;1-8-5-4-6-9(2,3)7-8;1-2/h2-9,17-18,24-25H,10-12,22H2,1H3,(H2,21,26);8H,4-7H2,1-3H3;1-2H3/t17-,18?,20+;;/m1../s1. The highest BCUT2D eigenvalue weighted by atomic mass is 32.2. The van der Waals surface area contributed by atoms with Gasteiger partial charge in [-0.1, -0.05) is 77.8 Å². The Kier molecular flexibility index (Phi) is 12.9. The molecule has 4 rings (SSSR count). The van der Waals surface area contributed by atoms with Gasteiger partial charge in [-0.25, -0.2) is 0 Å². The molecular weight excluding hydrogens is 510 g/mol. The fourth-order valence-electron chi connectivity index (χ4n) is 5.58. The quantitative estimate of drug-likeness (QED) is 0.345. The molecule has 2 fully saturated rings. The Hall–Kier alpha value is -1.94. The van der Waals surface area contributed by atoms with Gasteiger partial charge in [0.15, 0.2) is 5.66 Å². The zero-order valence-corrected chi connectivity index (χ0v) is 25.3. The molecule has 2 aliphatic rings. The summed E-state index contributed by atoms with van der Waals surface area (Å²) in [6, 6.07) is 16.0. The van der Waals surface area contributed by atoms with Crippen LogP contribution < -0.4 is 11.5 Å². The molecule has 1 aliphatic carbocycles. The smallest absolute Gasteiger partial charge is 0.255 e. The van der Waals surface area contributed by atoms with E-state index in [4.69, 9.17) is 16.3 Å². The van der Waals surface area contributed by atoms with Crippen LogP contribution in [0.25, 0.3) is 11.1 Å². The van der Waals surface area contributed by atoms with Gasteiger partial charge in [0.05, 0.1) is 25.7 Å². The van der Waals surface area contributed by atoms with E-state index >= 15 is 0 Å². The number of carbonyl (C=O) groups excluding carboxylic acids is 1. The number of aliphatic hydroxyl groups excluding tert-OH is 2. The lowest BCUT2D eigenvalue weighted by molar-refractivity contribution is -0.200. The molecule has 218 valence electrons. The highest BCUT2D eigenvalue weighted by Gasteiger charge is 2.56. The lowest BCUT2D eigenvalue weighted by Gasteiger charge is -2.33. The van der Waals surface area contributed by atoms with Crippen LogP contribution in [0, 0.1) is 17.3 Å². The first-order valence-electron chi connectivity index (χ1n) is 14.0. The molecular formula is C31H49N3O4S. The van der Waals surface area contributed by atoms with Gasteiger partial charge in [-0.05, 0) is 65.3 Å². The number of primary amides is 1. The fraction of sp³-hybridized carbons (Fsp3) is 0.581. The first-order valence-corrected chi connectivity index (χ1v) is 15.2. The lowest BCUT2D eigenvalue weighted by atomic mass is 9.73. The van der Waals surface area contributed by atoms with Gasteiger partial charge in [0, 0.05) is 4.90 Å². The van der Waals surface area contributed by atoms with E-state index in [1.54, 1.807) is 11.8 Å². The number of nitrogens with two attached hydrogens (primary N) is 2. The molecule has 1 saturated heterocycles. The van der Waals surface area contributed by atoms with E-state index in [2.05, 4.69) is 32.9 Å². The molecule has 4 atom stereocenters. The predicted molar refractivity (Wildman–Crippen MR) is 161 cm³/mol. The van der Waals surface area contributed by atoms with E-state index in [-0.39, 0.29) is 13.2 Å². The maximum Gasteiger partial charge on any atom is 0.255 e. The number of hydroxylamine groups is 2. The van der Waals surface area contributed by atoms with Crippen LogP contribution in [0.4, 0.5) is 0 Å². The minimum atomic E-state index is -1.71. The summed E-state index contributed by atoms with van der Waals surface area (Å²) >= 11 is 1.67. The molecule has 2 unspecified atom stereocenters. The summed E-state index contributed by atoms with van der Waals surface area (Å²) < 4.78 is 0. The van der Waals surface area contributed by atoms with Crippen molar-refractivity contribution in [2.24, 2.45) is 28.7 Å². The highest BCUT2D eigenvalue weighted by molar-refractivity contribution is 7.98. The lowest BCUT2D eigenvalue weighted by Crippen LogP contribution is -2.65. The second-order valence-electron chi connectivity index (χ2n) is 11.1. The molecule has 0 aromatic heterocycles. The zero-order valence-electron chi connectivity index (χ0n) is 24.5. The fourth-order valence-corrected chi connectivity index (χ4v) is 6.04. The molecule has 2 aromatic carbocycles. The van der Waals surface area contributed by atoms with Crippen molar-refractivity contribution in [2.75, 3.05) is 19.5 Å². The Bertz CT molecular complexity index is 1050. The Morgan fingerprint density at radius 2 is 1.74 bits per heavy atom. The van der Waals surface area contributed by atoms with Crippen molar-refractivity contribution in [3.8, 4) is 11.1 Å². The molecule has 8 heteroatoms. The van der Waals surface area contributed by atoms with Crippen LogP contribution >= 0.6 is 11.8 Å². The van der Waals surface area contributed by atoms with Crippen molar-refractivity contribution >= 4 is 17.7 Å². The molecule has 0 bridgehead atoms. The van der Waals surface area contributed by atoms with Crippen molar-refractivity contribution < 1.29 is 19.8 Å². The maximum atomic E-state index is 12.1. The zero-order chi connectivity index (χ0) is 29.2. The van der Waals surface area contributed by atoms with E-state index in [0.717, 1.165) is 27.5 Å². The largest absolute Gasteiger partial charge is 0.396 e. The number of carbonyl (C=O) groups is 1. The van der Waals surface area contributed by atoms with Crippen LogP contribution in [0.15, 0.2) is 53.4 Å². The number of hydrogen-bond donors (Lipinski definition) is 4. The minimum absolute atomic E-state index is 0.183. The number of amides is 1. The van der Waals surface area contributed by atoms with Crippen LogP contribution in [-0.2, 0) is 16.2 Å². The summed E-state index contributed by atoms with van der Waals surface area (Å²) in [6.07, 6.45) is 7.02. The maximum absolute atomic E-state index is 12.1. The molecule has 6 N–H and O–H groups in total. The third-order valence-corrected chi connectivity index (χ3v) is 8.29. The van der Waals surface area contributed by atoms with Gasteiger partial charge < -0.3 is 21.7 Å². The third kappa shape index (κ3) is 8.52. The summed E-state index contributed by atoms with van der Waals surface area (Å²) in [5, 5.41) is 20.5. The molecule has 1 aliphatic heterocycles. The minimum Gasteiger partial charge on any atom is -0.396 e. The van der Waals surface area contributed by atoms with Crippen LogP contribution in [0.3, 0.4) is 0 Å². The Labute approximate surface area is 239 Å². The number of hydrogen-bond acceptors (Lipinski definition) is 7. The van der Waals surface area contributed by atoms with E-state index in [1.807, 2.05) is 56.5 Å². The van der Waals surface area contributed by atoms with Crippen molar-refractivity contribution in [2.45, 2.75) is 83.5 Å². The van der Waals surface area contributed by atoms with Crippen LogP contribution in [0.5, 0.6) is 0 Å². The average Bonchev–Trinajstić information content (AvgIpc) is 3.21. The second-order valence-corrected chi connectivity index (χ2v) is 12.0. The van der Waals surface area contributed by atoms with Crippen molar-refractivity contribution in [1.82, 2.24) is 5.06 Å². The first kappa shape index (κ1) is 33.3. The van der Waals surface area contributed by atoms with Gasteiger partial charge in [-0.3, -0.25) is 9.63 Å². The van der Waals surface area contributed by atoms with Gasteiger partial charge in [0.1, 0.15) is 6.10 Å². The van der Waals surface area contributed by atoms with Crippen LogP contribution in [0.2, 0.25) is 0 Å². The molecule has 1 amide bonds. The van der Waals surface area contributed by atoms with Crippen LogP contribution in [0.1, 0.15) is 65.9 Å². The van der Waals surface area contributed by atoms with Gasteiger partial charge in [0.2, 0.25) is 0 Å². The SMILES string of the molecule is CC.CC1CCCC(C)(C)C1.CSc1cccc(-c2cccc(CN3OC(CO)[C@@H](CO)[C@@]3(N)C(N)=O)c2)c1. The molecule has 7 nitrogen and oxygen atoms in total. The van der Waals surface area contributed by atoms with Crippen LogP contribution in [-0.4, -0.2) is 52.4 Å². The second kappa shape index (κ2) is 15.2. The summed E-state index contributed by atoms with van der Waals surface area (Å²) in [6.45, 7) is 10.5. The molecule has 0 radical (unpaired) electrons. The monoisotopic (exact) mass is 559 g/mol. The number of thioether (sulfide) groups is 1. The summed E-state index contributed by atoms with van der Waals surface area (Å²) in [7, 11) is 0. The molecule has 1 heterocycles. The highest BCUT2D eigenvalue weighted by Crippen LogP contribution is 2.38. The normalized spacial score (nSPS) is 26.1. The van der Waals surface area contributed by atoms with Gasteiger partial charge in [-0.2, -0.15) is 5.06 Å². The van der Waals surface area contributed by atoms with Gasteiger partial charge >= 0.3 is 0 Å². The number of aliphatic hydroxyl groups is 2. The van der Waals surface area contributed by atoms with E-state index in [0.29, 0.717) is 5.41 Å². The number of rotatable bonds is 7. The van der Waals surface area contributed by atoms with Crippen molar-refractivity contribution in [3.63, 3.8) is 0 Å². The summed E-state index contributed by atoms with van der Waals surface area (Å²) in [5.41, 5.74) is 13.7. The van der Waals surface area contributed by atoms with Crippen molar-refractivity contribution in [1.29, 1.82) is 0 Å². The Balaban J connectivity index is 0.000000407. The number of benzene rings is 2. The van der Waals surface area contributed by atoms with Crippen molar-refractivity contribution in [3.05, 3.63) is 54.1 Å². The van der Waals surface area contributed by atoms with Gasteiger partial charge in [0.25, 0.3) is 5.91 Å². The predicted octanol–water partition coefficient (Wildman–Crippen LogP) is 5.18. The number of nitrogens with zero attached hydrogens (tertiary/aromatic N) is 1. The van der Waals surface area contributed by atoms with E-state index < -0.39 is 30.2 Å². The third-order valence-electron chi connectivity index (χ3n) is 7.57. The molecule has 1 saturated carbocycles. The van der Waals surface area contributed by atoms with E-state index in [9.17, 15) is 15.0 Å². The molecule has 39 heavy (non-hydrogen) atoms.